The van der Waals surface area contributed by atoms with Crippen molar-refractivity contribution in [1.29, 1.82) is 0 Å². The quantitative estimate of drug-likeness (QED) is 0.648. The zero-order valence-electron chi connectivity index (χ0n) is 11.8. The number of hydrogen-bond acceptors (Lipinski definition) is 4. The number of rotatable bonds is 5. The highest BCUT2D eigenvalue weighted by molar-refractivity contribution is 5.62. The maximum Gasteiger partial charge on any atom is 0.292 e. The first-order chi connectivity index (χ1) is 9.45. The fourth-order valence-corrected chi connectivity index (χ4v) is 2.12. The molecule has 6 nitrogen and oxygen atoms in total. The molecule has 0 aliphatic carbocycles. The lowest BCUT2D eigenvalue weighted by Crippen LogP contribution is -2.19. The van der Waals surface area contributed by atoms with Gasteiger partial charge in [0.25, 0.3) is 5.69 Å². The molecule has 0 spiro atoms. The van der Waals surface area contributed by atoms with Gasteiger partial charge < -0.3 is 5.32 Å². The lowest BCUT2D eigenvalue weighted by Gasteiger charge is -2.14. The second kappa shape index (κ2) is 5.73. The van der Waals surface area contributed by atoms with Gasteiger partial charge in [-0.15, -0.1) is 0 Å². The third-order valence-corrected chi connectivity index (χ3v) is 3.03. The van der Waals surface area contributed by atoms with Crippen LogP contribution < -0.4 is 5.32 Å². The van der Waals surface area contributed by atoms with E-state index in [4.69, 9.17) is 0 Å². The molecule has 2 aromatic rings. The Bertz CT molecular complexity index is 621. The summed E-state index contributed by atoms with van der Waals surface area (Å²) in [6.45, 7) is 5.76. The smallest absolute Gasteiger partial charge is 0.292 e. The number of nitro groups is 1. The van der Waals surface area contributed by atoms with E-state index in [-0.39, 0.29) is 16.7 Å². The summed E-state index contributed by atoms with van der Waals surface area (Å²) in [5, 5.41) is 21.3. The molecule has 1 aromatic heterocycles. The molecule has 0 aliphatic rings. The Morgan fingerprint density at radius 1 is 1.40 bits per heavy atom. The third-order valence-electron chi connectivity index (χ3n) is 3.03. The van der Waals surface area contributed by atoms with Gasteiger partial charge in [0.1, 0.15) is 5.69 Å². The number of nitrogens with one attached hydrogen (secondary N) is 2. The summed E-state index contributed by atoms with van der Waals surface area (Å²) in [5.74, 6) is 0. The van der Waals surface area contributed by atoms with Crippen molar-refractivity contribution in [2.75, 3.05) is 5.32 Å². The van der Waals surface area contributed by atoms with Gasteiger partial charge >= 0.3 is 0 Å². The van der Waals surface area contributed by atoms with Crippen LogP contribution >= 0.6 is 0 Å². The monoisotopic (exact) mass is 274 g/mol. The molecular formula is C14H18N4O2. The molecule has 0 aliphatic heterocycles. The van der Waals surface area contributed by atoms with E-state index in [2.05, 4.69) is 15.5 Å². The minimum atomic E-state index is -0.360. The Hall–Kier alpha value is -2.37. The van der Waals surface area contributed by atoms with Gasteiger partial charge in [-0.3, -0.25) is 15.2 Å². The molecule has 0 radical (unpaired) electrons. The summed E-state index contributed by atoms with van der Waals surface area (Å²) < 4.78 is 0. The Morgan fingerprint density at radius 3 is 2.75 bits per heavy atom. The molecule has 20 heavy (non-hydrogen) atoms. The van der Waals surface area contributed by atoms with Crippen LogP contribution in [-0.4, -0.2) is 21.2 Å². The molecule has 1 heterocycles. The first kappa shape index (κ1) is 14.0. The fourth-order valence-electron chi connectivity index (χ4n) is 2.12. The first-order valence-electron chi connectivity index (χ1n) is 6.48. The topological polar surface area (TPSA) is 83.8 Å². The van der Waals surface area contributed by atoms with Crippen molar-refractivity contribution in [1.82, 2.24) is 10.2 Å². The molecule has 1 aromatic carbocycles. The molecular weight excluding hydrogens is 256 g/mol. The van der Waals surface area contributed by atoms with Crippen LogP contribution in [-0.2, 0) is 6.42 Å². The minimum absolute atomic E-state index is 0.0547. The highest BCUT2D eigenvalue weighted by Crippen LogP contribution is 2.26. The van der Waals surface area contributed by atoms with Gasteiger partial charge in [0.15, 0.2) is 0 Å². The molecule has 0 bridgehead atoms. The van der Waals surface area contributed by atoms with E-state index in [1.165, 1.54) is 0 Å². The number of aromatic nitrogens is 2. The Morgan fingerprint density at radius 2 is 2.15 bits per heavy atom. The van der Waals surface area contributed by atoms with Crippen LogP contribution in [0.1, 0.15) is 23.9 Å². The summed E-state index contributed by atoms with van der Waals surface area (Å²) in [7, 11) is 0. The van der Waals surface area contributed by atoms with Gasteiger partial charge in [-0.25, -0.2) is 0 Å². The minimum Gasteiger partial charge on any atom is -0.377 e. The third kappa shape index (κ3) is 3.34. The van der Waals surface area contributed by atoms with E-state index in [1.807, 2.05) is 32.9 Å². The van der Waals surface area contributed by atoms with Crippen LogP contribution in [0.25, 0.3) is 0 Å². The normalized spacial score (nSPS) is 12.2. The van der Waals surface area contributed by atoms with E-state index >= 15 is 0 Å². The SMILES string of the molecule is Cc1ccc(NC(C)Cc2cc(C)[nH]n2)c([N+](=O)[O-])c1. The van der Waals surface area contributed by atoms with Crippen molar-refractivity contribution in [3.05, 3.63) is 51.3 Å². The average Bonchev–Trinajstić information content (AvgIpc) is 2.76. The second-order valence-corrected chi connectivity index (χ2v) is 5.07. The van der Waals surface area contributed by atoms with Gasteiger partial charge in [-0.2, -0.15) is 5.10 Å². The van der Waals surface area contributed by atoms with E-state index in [1.54, 1.807) is 12.1 Å². The van der Waals surface area contributed by atoms with Crippen molar-refractivity contribution >= 4 is 11.4 Å². The summed E-state index contributed by atoms with van der Waals surface area (Å²) in [6.07, 6.45) is 0.704. The largest absolute Gasteiger partial charge is 0.377 e. The maximum absolute atomic E-state index is 11.1. The number of hydrogen-bond donors (Lipinski definition) is 2. The number of nitro benzene ring substituents is 1. The number of nitrogens with zero attached hydrogens (tertiary/aromatic N) is 2. The lowest BCUT2D eigenvalue weighted by molar-refractivity contribution is -0.384. The van der Waals surface area contributed by atoms with Crippen LogP contribution in [0.5, 0.6) is 0 Å². The van der Waals surface area contributed by atoms with Crippen LogP contribution in [0.4, 0.5) is 11.4 Å². The summed E-state index contributed by atoms with van der Waals surface area (Å²) >= 11 is 0. The molecule has 106 valence electrons. The summed E-state index contributed by atoms with van der Waals surface area (Å²) in [5.41, 5.74) is 3.47. The van der Waals surface area contributed by atoms with Gasteiger partial charge in [0.2, 0.25) is 0 Å². The molecule has 0 saturated heterocycles. The van der Waals surface area contributed by atoms with Crippen molar-refractivity contribution in [2.45, 2.75) is 33.2 Å². The molecule has 0 saturated carbocycles. The van der Waals surface area contributed by atoms with Gasteiger partial charge in [0, 0.05) is 24.2 Å². The number of aryl methyl sites for hydroxylation is 2. The molecule has 2 rings (SSSR count). The fraction of sp³-hybridized carbons (Fsp3) is 0.357. The van der Waals surface area contributed by atoms with Gasteiger partial charge in [0.05, 0.1) is 10.6 Å². The number of aromatic amines is 1. The lowest BCUT2D eigenvalue weighted by atomic mass is 10.1. The average molecular weight is 274 g/mol. The van der Waals surface area contributed by atoms with E-state index in [0.29, 0.717) is 12.1 Å². The van der Waals surface area contributed by atoms with Crippen molar-refractivity contribution in [2.24, 2.45) is 0 Å². The number of H-pyrrole nitrogens is 1. The van der Waals surface area contributed by atoms with Crippen molar-refractivity contribution in [3.8, 4) is 0 Å². The molecule has 6 heteroatoms. The predicted molar refractivity (Wildman–Crippen MR) is 77.9 cm³/mol. The highest BCUT2D eigenvalue weighted by Gasteiger charge is 2.16. The van der Waals surface area contributed by atoms with Crippen LogP contribution in [0.15, 0.2) is 24.3 Å². The predicted octanol–water partition coefficient (Wildman–Crippen LogP) is 2.98. The molecule has 0 amide bonds. The van der Waals surface area contributed by atoms with E-state index < -0.39 is 0 Å². The highest BCUT2D eigenvalue weighted by atomic mass is 16.6. The zero-order valence-corrected chi connectivity index (χ0v) is 11.8. The van der Waals surface area contributed by atoms with Crippen molar-refractivity contribution < 1.29 is 4.92 Å². The van der Waals surface area contributed by atoms with Crippen LogP contribution in [0.2, 0.25) is 0 Å². The molecule has 0 fully saturated rings. The standard InChI is InChI=1S/C14H18N4O2/c1-9-4-5-13(14(6-9)18(19)20)15-10(2)7-12-8-11(3)16-17-12/h4-6,8,10,15H,7H2,1-3H3,(H,16,17). The van der Waals surface area contributed by atoms with Crippen LogP contribution in [0, 0.1) is 24.0 Å². The van der Waals surface area contributed by atoms with Gasteiger partial charge in [-0.1, -0.05) is 6.07 Å². The second-order valence-electron chi connectivity index (χ2n) is 5.07. The number of anilines is 1. The van der Waals surface area contributed by atoms with E-state index in [0.717, 1.165) is 17.0 Å². The Kier molecular flexibility index (Phi) is 4.02. The summed E-state index contributed by atoms with van der Waals surface area (Å²) in [4.78, 5) is 10.7. The molecule has 1 unspecified atom stereocenters. The maximum atomic E-state index is 11.1. The number of benzene rings is 1. The Balaban J connectivity index is 2.11. The Labute approximate surface area is 117 Å². The first-order valence-corrected chi connectivity index (χ1v) is 6.48. The van der Waals surface area contributed by atoms with Gasteiger partial charge in [-0.05, 0) is 38.5 Å². The van der Waals surface area contributed by atoms with Crippen molar-refractivity contribution in [3.63, 3.8) is 0 Å². The molecule has 2 N–H and O–H groups in total. The zero-order chi connectivity index (χ0) is 14.7. The van der Waals surface area contributed by atoms with E-state index in [9.17, 15) is 10.1 Å². The van der Waals surface area contributed by atoms with Crippen LogP contribution in [0.3, 0.4) is 0 Å². The summed E-state index contributed by atoms with van der Waals surface area (Å²) in [6, 6.07) is 7.22. The molecule has 1 atom stereocenters.